The molecule has 1 aromatic heterocycles. The summed E-state index contributed by atoms with van der Waals surface area (Å²) in [6.45, 7) is 0. The van der Waals surface area contributed by atoms with Gasteiger partial charge in [0.25, 0.3) is 0 Å². The van der Waals surface area contributed by atoms with Crippen LogP contribution in [-0.2, 0) is 0 Å². The molecule has 2 fully saturated rings. The SMILES string of the molecule is NC1CCC(=Cc2ccn(C3CCCCC3)n2)C1. The average Bonchev–Trinajstić information content (AvgIpc) is 3.01. The van der Waals surface area contributed by atoms with Gasteiger partial charge in [0.15, 0.2) is 0 Å². The lowest BCUT2D eigenvalue weighted by Crippen LogP contribution is -2.13. The minimum absolute atomic E-state index is 0.372. The first-order valence-corrected chi connectivity index (χ1v) is 7.31. The second-order valence-electron chi connectivity index (χ2n) is 5.82. The summed E-state index contributed by atoms with van der Waals surface area (Å²) in [6.07, 6.45) is 14.4. The first kappa shape index (κ1) is 12.0. The van der Waals surface area contributed by atoms with E-state index in [1.807, 2.05) is 0 Å². The average molecular weight is 245 g/mol. The summed E-state index contributed by atoms with van der Waals surface area (Å²) < 4.78 is 2.18. The van der Waals surface area contributed by atoms with Crippen LogP contribution >= 0.6 is 0 Å². The third-order valence-corrected chi connectivity index (χ3v) is 4.29. The van der Waals surface area contributed by atoms with Gasteiger partial charge in [-0.2, -0.15) is 5.10 Å². The number of rotatable bonds is 2. The Balaban J connectivity index is 1.69. The van der Waals surface area contributed by atoms with Crippen molar-refractivity contribution in [2.24, 2.45) is 5.73 Å². The van der Waals surface area contributed by atoms with Crippen molar-refractivity contribution in [3.05, 3.63) is 23.5 Å². The molecule has 2 aliphatic rings. The van der Waals surface area contributed by atoms with Crippen LogP contribution in [0.3, 0.4) is 0 Å². The Morgan fingerprint density at radius 1 is 1.22 bits per heavy atom. The van der Waals surface area contributed by atoms with Crippen molar-refractivity contribution in [3.63, 3.8) is 0 Å². The number of aromatic nitrogens is 2. The highest BCUT2D eigenvalue weighted by molar-refractivity contribution is 5.49. The van der Waals surface area contributed by atoms with Crippen LogP contribution in [0.2, 0.25) is 0 Å². The van der Waals surface area contributed by atoms with Gasteiger partial charge in [0.1, 0.15) is 0 Å². The first-order chi connectivity index (χ1) is 8.81. The predicted molar refractivity (Wildman–Crippen MR) is 74.2 cm³/mol. The van der Waals surface area contributed by atoms with E-state index in [2.05, 4.69) is 23.0 Å². The molecule has 1 heterocycles. The number of nitrogens with zero attached hydrogens (tertiary/aromatic N) is 2. The molecule has 3 nitrogen and oxygen atoms in total. The Morgan fingerprint density at radius 3 is 2.78 bits per heavy atom. The van der Waals surface area contributed by atoms with Crippen LogP contribution in [0, 0.1) is 0 Å². The van der Waals surface area contributed by atoms with Crippen molar-refractivity contribution in [1.82, 2.24) is 9.78 Å². The van der Waals surface area contributed by atoms with Crippen molar-refractivity contribution >= 4 is 6.08 Å². The first-order valence-electron chi connectivity index (χ1n) is 7.31. The fourth-order valence-electron chi connectivity index (χ4n) is 3.23. The monoisotopic (exact) mass is 245 g/mol. The maximum absolute atomic E-state index is 5.93. The largest absolute Gasteiger partial charge is 0.327 e. The van der Waals surface area contributed by atoms with Gasteiger partial charge in [0.05, 0.1) is 11.7 Å². The van der Waals surface area contributed by atoms with Crippen molar-refractivity contribution in [2.75, 3.05) is 0 Å². The van der Waals surface area contributed by atoms with Gasteiger partial charge in [-0.25, -0.2) is 0 Å². The lowest BCUT2D eigenvalue weighted by atomic mass is 9.96. The van der Waals surface area contributed by atoms with E-state index in [1.54, 1.807) is 0 Å². The summed E-state index contributed by atoms with van der Waals surface area (Å²) in [6, 6.07) is 3.15. The minimum atomic E-state index is 0.372. The molecular formula is C15H23N3. The zero-order chi connectivity index (χ0) is 12.4. The lowest BCUT2D eigenvalue weighted by molar-refractivity contribution is 0.329. The summed E-state index contributed by atoms with van der Waals surface area (Å²) in [4.78, 5) is 0. The third kappa shape index (κ3) is 2.66. The molecule has 1 unspecified atom stereocenters. The Morgan fingerprint density at radius 2 is 2.06 bits per heavy atom. The van der Waals surface area contributed by atoms with E-state index in [1.165, 1.54) is 37.7 Å². The molecule has 0 radical (unpaired) electrons. The van der Waals surface area contributed by atoms with E-state index in [4.69, 9.17) is 10.8 Å². The third-order valence-electron chi connectivity index (χ3n) is 4.29. The molecular weight excluding hydrogens is 222 g/mol. The zero-order valence-corrected chi connectivity index (χ0v) is 11.0. The highest BCUT2D eigenvalue weighted by atomic mass is 15.3. The molecule has 1 aromatic rings. The van der Waals surface area contributed by atoms with E-state index < -0.39 is 0 Å². The van der Waals surface area contributed by atoms with Crippen LogP contribution < -0.4 is 5.73 Å². The summed E-state index contributed by atoms with van der Waals surface area (Å²) in [5.74, 6) is 0. The Labute approximate surface area is 109 Å². The maximum atomic E-state index is 5.93. The molecule has 0 bridgehead atoms. The quantitative estimate of drug-likeness (QED) is 0.869. The second kappa shape index (κ2) is 5.27. The molecule has 0 saturated heterocycles. The smallest absolute Gasteiger partial charge is 0.0850 e. The standard InChI is InChI=1S/C15H23N3/c16-13-7-6-12(10-13)11-14-8-9-18(17-14)15-4-2-1-3-5-15/h8-9,11,13,15H,1-7,10,16H2. The van der Waals surface area contributed by atoms with Crippen molar-refractivity contribution in [2.45, 2.75) is 63.5 Å². The van der Waals surface area contributed by atoms with Crippen molar-refractivity contribution < 1.29 is 0 Å². The molecule has 1 atom stereocenters. The number of hydrogen-bond acceptors (Lipinski definition) is 2. The van der Waals surface area contributed by atoms with E-state index in [0.717, 1.165) is 25.0 Å². The van der Waals surface area contributed by atoms with E-state index in [-0.39, 0.29) is 0 Å². The Hall–Kier alpha value is -1.09. The summed E-state index contributed by atoms with van der Waals surface area (Å²) in [7, 11) is 0. The van der Waals surface area contributed by atoms with E-state index >= 15 is 0 Å². The Bertz CT molecular complexity index is 427. The second-order valence-corrected chi connectivity index (χ2v) is 5.82. The molecule has 0 aromatic carbocycles. The van der Waals surface area contributed by atoms with E-state index in [0.29, 0.717) is 12.1 Å². The molecule has 18 heavy (non-hydrogen) atoms. The molecule has 98 valence electrons. The van der Waals surface area contributed by atoms with Crippen molar-refractivity contribution in [3.8, 4) is 0 Å². The van der Waals surface area contributed by atoms with E-state index in [9.17, 15) is 0 Å². The molecule has 0 amide bonds. The minimum Gasteiger partial charge on any atom is -0.327 e. The van der Waals surface area contributed by atoms with Crippen LogP contribution in [0.15, 0.2) is 17.8 Å². The summed E-state index contributed by atoms with van der Waals surface area (Å²) in [5.41, 5.74) is 8.52. The fourth-order valence-corrected chi connectivity index (χ4v) is 3.23. The summed E-state index contributed by atoms with van der Waals surface area (Å²) in [5, 5.41) is 4.72. The van der Waals surface area contributed by atoms with Crippen LogP contribution in [0.25, 0.3) is 6.08 Å². The molecule has 0 spiro atoms. The van der Waals surface area contributed by atoms with Gasteiger partial charge < -0.3 is 5.73 Å². The molecule has 3 heteroatoms. The highest BCUT2D eigenvalue weighted by Gasteiger charge is 2.17. The van der Waals surface area contributed by atoms with Gasteiger partial charge >= 0.3 is 0 Å². The van der Waals surface area contributed by atoms with Gasteiger partial charge in [-0.15, -0.1) is 0 Å². The van der Waals surface area contributed by atoms with Crippen LogP contribution in [0.1, 0.15) is 63.1 Å². The van der Waals surface area contributed by atoms with Gasteiger partial charge in [-0.1, -0.05) is 24.8 Å². The van der Waals surface area contributed by atoms with Crippen LogP contribution in [0.4, 0.5) is 0 Å². The van der Waals surface area contributed by atoms with Gasteiger partial charge in [-0.3, -0.25) is 4.68 Å². The predicted octanol–water partition coefficient (Wildman–Crippen LogP) is 3.28. The van der Waals surface area contributed by atoms with Crippen molar-refractivity contribution in [1.29, 1.82) is 0 Å². The van der Waals surface area contributed by atoms with Crippen LogP contribution in [-0.4, -0.2) is 15.8 Å². The molecule has 3 rings (SSSR count). The fraction of sp³-hybridized carbons (Fsp3) is 0.667. The lowest BCUT2D eigenvalue weighted by Gasteiger charge is -2.21. The molecule has 2 saturated carbocycles. The van der Waals surface area contributed by atoms with Gasteiger partial charge in [0.2, 0.25) is 0 Å². The zero-order valence-electron chi connectivity index (χ0n) is 11.0. The Kier molecular flexibility index (Phi) is 3.50. The molecule has 0 aliphatic heterocycles. The van der Waals surface area contributed by atoms with Crippen LogP contribution in [0.5, 0.6) is 0 Å². The highest BCUT2D eigenvalue weighted by Crippen LogP contribution is 2.28. The normalized spacial score (nSPS) is 28.1. The molecule has 2 N–H and O–H groups in total. The van der Waals surface area contributed by atoms with Gasteiger partial charge in [-0.05, 0) is 44.2 Å². The summed E-state index contributed by atoms with van der Waals surface area (Å²) >= 11 is 0. The maximum Gasteiger partial charge on any atom is 0.0850 e. The number of hydrogen-bond donors (Lipinski definition) is 1. The number of nitrogens with two attached hydrogens (primary N) is 1. The van der Waals surface area contributed by atoms with Gasteiger partial charge in [0, 0.05) is 12.2 Å². The molecule has 2 aliphatic carbocycles. The topological polar surface area (TPSA) is 43.8 Å².